The number of allylic oxidation sites excluding steroid dienone is 2. The van der Waals surface area contributed by atoms with Crippen LogP contribution >= 0.6 is 0 Å². The van der Waals surface area contributed by atoms with Gasteiger partial charge >= 0.3 is 5.97 Å². The Balaban J connectivity index is 1.56. The highest BCUT2D eigenvalue weighted by atomic mass is 16.7. The van der Waals surface area contributed by atoms with Crippen molar-refractivity contribution in [1.29, 1.82) is 0 Å². The molecule has 3 nitrogen and oxygen atoms in total. The topological polar surface area (TPSA) is 35.5 Å². The van der Waals surface area contributed by atoms with Crippen molar-refractivity contribution < 1.29 is 14.3 Å². The number of carbonyl (C=O) groups excluding carboxylic acids is 1. The van der Waals surface area contributed by atoms with E-state index in [1.54, 1.807) is 0 Å². The number of hydrogen-bond donors (Lipinski definition) is 0. The van der Waals surface area contributed by atoms with Crippen LogP contribution < -0.4 is 0 Å². The van der Waals surface area contributed by atoms with Crippen LogP contribution in [0.2, 0.25) is 0 Å². The van der Waals surface area contributed by atoms with Crippen LogP contribution in [0, 0.1) is 28.1 Å². The first kappa shape index (κ1) is 17.0. The molecule has 0 aliphatic heterocycles. The molecule has 3 aliphatic carbocycles. The molecule has 0 saturated heterocycles. The zero-order valence-corrected chi connectivity index (χ0v) is 15.4. The van der Waals surface area contributed by atoms with Crippen molar-refractivity contribution in [2.75, 3.05) is 6.79 Å². The molecule has 0 N–H and O–H groups in total. The third-order valence-electron chi connectivity index (χ3n) is 6.63. The highest BCUT2D eigenvalue weighted by Crippen LogP contribution is 2.52. The molecule has 3 atom stereocenters. The molecule has 0 radical (unpaired) electrons. The predicted molar refractivity (Wildman–Crippen MR) is 90.7 cm³/mol. The number of ether oxygens (including phenoxy) is 2. The van der Waals surface area contributed by atoms with Gasteiger partial charge in [0.25, 0.3) is 0 Å². The molecular weight excluding hydrogens is 288 g/mol. The molecule has 3 rings (SSSR count). The molecule has 0 aromatic heterocycles. The summed E-state index contributed by atoms with van der Waals surface area (Å²) in [5.41, 5.74) is -0.0825. The minimum atomic E-state index is -0.347. The summed E-state index contributed by atoms with van der Waals surface area (Å²) in [5, 5.41) is 0. The quantitative estimate of drug-likeness (QED) is 0.427. The van der Waals surface area contributed by atoms with Gasteiger partial charge in [-0.05, 0) is 55.3 Å². The molecule has 0 spiro atoms. The summed E-state index contributed by atoms with van der Waals surface area (Å²) in [6, 6.07) is 0. The van der Waals surface area contributed by atoms with Crippen LogP contribution in [0.5, 0.6) is 0 Å². The van der Waals surface area contributed by atoms with Gasteiger partial charge in [-0.1, -0.05) is 46.3 Å². The van der Waals surface area contributed by atoms with Crippen molar-refractivity contribution in [2.24, 2.45) is 28.1 Å². The Morgan fingerprint density at radius 1 is 1.09 bits per heavy atom. The van der Waals surface area contributed by atoms with Crippen molar-refractivity contribution >= 4 is 5.97 Å². The Morgan fingerprint density at radius 2 is 1.74 bits per heavy atom. The Morgan fingerprint density at radius 3 is 2.26 bits per heavy atom. The maximum atomic E-state index is 12.6. The zero-order valence-electron chi connectivity index (χ0n) is 15.4. The van der Waals surface area contributed by atoms with E-state index in [1.807, 2.05) is 0 Å². The summed E-state index contributed by atoms with van der Waals surface area (Å²) < 4.78 is 11.7. The van der Waals surface area contributed by atoms with Gasteiger partial charge in [0, 0.05) is 0 Å². The fourth-order valence-corrected chi connectivity index (χ4v) is 5.42. The van der Waals surface area contributed by atoms with Gasteiger partial charge in [0.15, 0.2) is 6.79 Å². The standard InChI is InChI=1S/C20H32O3/c1-18(2)9-6-10-19(3,4)16(18)22-13-23-17(21)20(5)12-14-7-8-15(20)11-14/h7-8,14-16H,6,9-13H2,1-5H3. The Labute approximate surface area is 140 Å². The van der Waals surface area contributed by atoms with E-state index in [2.05, 4.69) is 46.8 Å². The van der Waals surface area contributed by atoms with Crippen LogP contribution in [0.15, 0.2) is 12.2 Å². The fraction of sp³-hybridized carbons (Fsp3) is 0.850. The van der Waals surface area contributed by atoms with E-state index in [-0.39, 0.29) is 35.1 Å². The second-order valence-electron chi connectivity index (χ2n) is 9.54. The molecule has 23 heavy (non-hydrogen) atoms. The zero-order chi connectivity index (χ0) is 16.9. The normalized spacial score (nSPS) is 38.0. The van der Waals surface area contributed by atoms with Crippen LogP contribution in [0.1, 0.15) is 66.7 Å². The van der Waals surface area contributed by atoms with Crippen molar-refractivity contribution in [3.05, 3.63) is 12.2 Å². The van der Waals surface area contributed by atoms with E-state index < -0.39 is 0 Å². The van der Waals surface area contributed by atoms with E-state index in [9.17, 15) is 4.79 Å². The lowest BCUT2D eigenvalue weighted by atomic mass is 9.63. The Hall–Kier alpha value is -0.830. The van der Waals surface area contributed by atoms with Crippen LogP contribution in [-0.2, 0) is 14.3 Å². The molecule has 3 heteroatoms. The number of rotatable bonds is 4. The van der Waals surface area contributed by atoms with Crippen LogP contribution in [0.25, 0.3) is 0 Å². The molecule has 3 aliphatic rings. The maximum Gasteiger partial charge on any atom is 0.314 e. The summed E-state index contributed by atoms with van der Waals surface area (Å²) >= 11 is 0. The molecule has 2 bridgehead atoms. The summed E-state index contributed by atoms with van der Waals surface area (Å²) in [6.07, 6.45) is 10.2. The van der Waals surface area contributed by atoms with E-state index in [0.29, 0.717) is 11.8 Å². The number of fused-ring (bicyclic) bond motifs is 2. The molecule has 130 valence electrons. The average Bonchev–Trinajstić information content (AvgIpc) is 3.01. The third-order valence-corrected chi connectivity index (χ3v) is 6.63. The minimum Gasteiger partial charge on any atom is -0.438 e. The summed E-state index contributed by atoms with van der Waals surface area (Å²) in [7, 11) is 0. The van der Waals surface area contributed by atoms with Gasteiger partial charge in [-0.2, -0.15) is 0 Å². The number of carbonyl (C=O) groups is 1. The van der Waals surface area contributed by atoms with Crippen molar-refractivity contribution in [3.63, 3.8) is 0 Å². The van der Waals surface area contributed by atoms with Gasteiger partial charge in [0.1, 0.15) is 0 Å². The average molecular weight is 320 g/mol. The van der Waals surface area contributed by atoms with Crippen molar-refractivity contribution in [2.45, 2.75) is 72.8 Å². The molecule has 0 aromatic rings. The lowest BCUT2D eigenvalue weighted by molar-refractivity contribution is -0.197. The van der Waals surface area contributed by atoms with Gasteiger partial charge < -0.3 is 9.47 Å². The van der Waals surface area contributed by atoms with Crippen LogP contribution in [0.4, 0.5) is 0 Å². The monoisotopic (exact) mass is 320 g/mol. The predicted octanol–water partition coefficient (Wildman–Crippen LogP) is 4.71. The highest BCUT2D eigenvalue weighted by molar-refractivity contribution is 5.78. The Bertz CT molecular complexity index is 489. The van der Waals surface area contributed by atoms with E-state index in [0.717, 1.165) is 12.8 Å². The molecular formula is C20H32O3. The molecule has 0 heterocycles. The second-order valence-corrected chi connectivity index (χ2v) is 9.54. The second kappa shape index (κ2) is 5.61. The maximum absolute atomic E-state index is 12.6. The van der Waals surface area contributed by atoms with E-state index in [1.165, 1.54) is 19.3 Å². The van der Waals surface area contributed by atoms with Crippen molar-refractivity contribution in [3.8, 4) is 0 Å². The van der Waals surface area contributed by atoms with Crippen LogP contribution in [0.3, 0.4) is 0 Å². The first-order valence-corrected chi connectivity index (χ1v) is 9.12. The molecule has 2 fully saturated rings. The van der Waals surface area contributed by atoms with E-state index >= 15 is 0 Å². The lowest BCUT2D eigenvalue weighted by Gasteiger charge is -2.48. The molecule has 0 amide bonds. The van der Waals surface area contributed by atoms with Gasteiger partial charge in [-0.25, -0.2) is 0 Å². The first-order valence-electron chi connectivity index (χ1n) is 9.12. The minimum absolute atomic E-state index is 0.0826. The van der Waals surface area contributed by atoms with Gasteiger partial charge in [-0.15, -0.1) is 0 Å². The number of esters is 1. The van der Waals surface area contributed by atoms with Crippen LogP contribution in [-0.4, -0.2) is 18.9 Å². The Kier molecular flexibility index (Phi) is 4.15. The van der Waals surface area contributed by atoms with Gasteiger partial charge in [0.2, 0.25) is 0 Å². The first-order chi connectivity index (χ1) is 10.7. The smallest absolute Gasteiger partial charge is 0.314 e. The third kappa shape index (κ3) is 2.97. The lowest BCUT2D eigenvalue weighted by Crippen LogP contribution is -2.47. The molecule has 2 saturated carbocycles. The summed E-state index contributed by atoms with van der Waals surface area (Å²) in [5.74, 6) is 0.831. The largest absolute Gasteiger partial charge is 0.438 e. The highest BCUT2D eigenvalue weighted by Gasteiger charge is 2.51. The molecule has 0 aromatic carbocycles. The van der Waals surface area contributed by atoms with E-state index in [4.69, 9.17) is 9.47 Å². The fourth-order valence-electron chi connectivity index (χ4n) is 5.42. The SMILES string of the molecule is CC1(C)CCCC(C)(C)C1OCOC(=O)C1(C)CC2C=CC1C2. The van der Waals surface area contributed by atoms with Gasteiger partial charge in [-0.3, -0.25) is 4.79 Å². The van der Waals surface area contributed by atoms with Crippen molar-refractivity contribution in [1.82, 2.24) is 0 Å². The summed E-state index contributed by atoms with van der Waals surface area (Å²) in [6.45, 7) is 11.2. The summed E-state index contributed by atoms with van der Waals surface area (Å²) in [4.78, 5) is 12.6. The van der Waals surface area contributed by atoms with Gasteiger partial charge in [0.05, 0.1) is 11.5 Å². The molecule has 3 unspecified atom stereocenters. The number of hydrogen-bond acceptors (Lipinski definition) is 3.